The van der Waals surface area contributed by atoms with Crippen LogP contribution in [0.15, 0.2) is 24.3 Å². The lowest BCUT2D eigenvalue weighted by molar-refractivity contribution is -0.139. The summed E-state index contributed by atoms with van der Waals surface area (Å²) in [5.74, 6) is 0.519. The van der Waals surface area contributed by atoms with Gasteiger partial charge < -0.3 is 10.6 Å². The zero-order valence-corrected chi connectivity index (χ0v) is 12.1. The van der Waals surface area contributed by atoms with Gasteiger partial charge in [-0.1, -0.05) is 24.3 Å². The van der Waals surface area contributed by atoms with Gasteiger partial charge in [-0.05, 0) is 56.2 Å². The number of hydrogen-bond donors (Lipinski definition) is 1. The van der Waals surface area contributed by atoms with E-state index in [1.54, 1.807) is 0 Å². The first-order valence-electron chi connectivity index (χ1n) is 7.87. The summed E-state index contributed by atoms with van der Waals surface area (Å²) in [4.78, 5) is 15.0. The lowest BCUT2D eigenvalue weighted by atomic mass is 9.96. The summed E-state index contributed by atoms with van der Waals surface area (Å²) in [6.07, 6.45) is 6.29. The monoisotopic (exact) mass is 272 g/mol. The SMILES string of the molecule is NCCC1CCCCN1C(=O)C1Cc2ccccc2C1. The molecule has 3 nitrogen and oxygen atoms in total. The molecule has 1 heterocycles. The third-order valence-electron chi connectivity index (χ3n) is 4.81. The van der Waals surface area contributed by atoms with E-state index in [1.165, 1.54) is 17.5 Å². The lowest BCUT2D eigenvalue weighted by Gasteiger charge is -2.37. The van der Waals surface area contributed by atoms with E-state index >= 15 is 0 Å². The zero-order chi connectivity index (χ0) is 13.9. The maximum Gasteiger partial charge on any atom is 0.226 e. The number of fused-ring (bicyclic) bond motifs is 1. The van der Waals surface area contributed by atoms with Crippen molar-refractivity contribution in [3.8, 4) is 0 Å². The molecule has 1 aliphatic heterocycles. The molecule has 0 bridgehead atoms. The van der Waals surface area contributed by atoms with E-state index in [0.717, 1.165) is 38.6 Å². The van der Waals surface area contributed by atoms with Gasteiger partial charge in [0, 0.05) is 18.5 Å². The van der Waals surface area contributed by atoms with Gasteiger partial charge in [0.25, 0.3) is 0 Å². The fourth-order valence-corrected chi connectivity index (χ4v) is 3.75. The Morgan fingerprint density at radius 3 is 2.55 bits per heavy atom. The summed E-state index contributed by atoms with van der Waals surface area (Å²) in [7, 11) is 0. The number of carbonyl (C=O) groups is 1. The van der Waals surface area contributed by atoms with Gasteiger partial charge in [0.05, 0.1) is 0 Å². The van der Waals surface area contributed by atoms with Crippen LogP contribution in [0.4, 0.5) is 0 Å². The third kappa shape index (κ3) is 2.59. The molecule has 20 heavy (non-hydrogen) atoms. The Balaban J connectivity index is 1.70. The van der Waals surface area contributed by atoms with Crippen LogP contribution in [0.25, 0.3) is 0 Å². The second-order valence-corrected chi connectivity index (χ2v) is 6.13. The molecule has 1 unspecified atom stereocenters. The number of amides is 1. The predicted molar refractivity (Wildman–Crippen MR) is 80.4 cm³/mol. The molecule has 1 amide bonds. The summed E-state index contributed by atoms with van der Waals surface area (Å²) in [6.45, 7) is 1.61. The van der Waals surface area contributed by atoms with Crippen molar-refractivity contribution in [1.29, 1.82) is 0 Å². The first kappa shape index (κ1) is 13.6. The highest BCUT2D eigenvalue weighted by molar-refractivity contribution is 5.81. The minimum atomic E-state index is 0.158. The smallest absolute Gasteiger partial charge is 0.226 e. The fraction of sp³-hybridized carbons (Fsp3) is 0.588. The van der Waals surface area contributed by atoms with Gasteiger partial charge in [-0.3, -0.25) is 4.79 Å². The van der Waals surface area contributed by atoms with Crippen molar-refractivity contribution in [2.75, 3.05) is 13.1 Å². The van der Waals surface area contributed by atoms with Gasteiger partial charge in [-0.15, -0.1) is 0 Å². The van der Waals surface area contributed by atoms with E-state index in [1.807, 2.05) is 0 Å². The molecular weight excluding hydrogens is 248 g/mol. The van der Waals surface area contributed by atoms with Crippen LogP contribution in [0, 0.1) is 5.92 Å². The van der Waals surface area contributed by atoms with Crippen molar-refractivity contribution in [2.24, 2.45) is 11.7 Å². The second-order valence-electron chi connectivity index (χ2n) is 6.13. The summed E-state index contributed by atoms with van der Waals surface area (Å²) >= 11 is 0. The first-order chi connectivity index (χ1) is 9.79. The number of hydrogen-bond acceptors (Lipinski definition) is 2. The van der Waals surface area contributed by atoms with Gasteiger partial charge >= 0.3 is 0 Å². The number of benzene rings is 1. The molecule has 1 aromatic rings. The molecule has 0 radical (unpaired) electrons. The average molecular weight is 272 g/mol. The topological polar surface area (TPSA) is 46.3 Å². The van der Waals surface area contributed by atoms with Gasteiger partial charge in [-0.2, -0.15) is 0 Å². The largest absolute Gasteiger partial charge is 0.339 e. The molecule has 108 valence electrons. The van der Waals surface area contributed by atoms with Gasteiger partial charge in [0.1, 0.15) is 0 Å². The molecule has 1 fully saturated rings. The lowest BCUT2D eigenvalue weighted by Crippen LogP contribution is -2.47. The number of piperidine rings is 1. The molecule has 2 N–H and O–H groups in total. The Kier molecular flexibility index (Phi) is 4.06. The Hall–Kier alpha value is -1.35. The fourth-order valence-electron chi connectivity index (χ4n) is 3.75. The van der Waals surface area contributed by atoms with E-state index in [-0.39, 0.29) is 5.92 Å². The Morgan fingerprint density at radius 1 is 1.20 bits per heavy atom. The van der Waals surface area contributed by atoms with E-state index in [0.29, 0.717) is 18.5 Å². The molecule has 3 rings (SSSR count). The summed E-state index contributed by atoms with van der Waals surface area (Å²) in [5, 5.41) is 0. The number of nitrogens with zero attached hydrogens (tertiary/aromatic N) is 1. The van der Waals surface area contributed by atoms with Crippen molar-refractivity contribution in [3.63, 3.8) is 0 Å². The van der Waals surface area contributed by atoms with Crippen LogP contribution >= 0.6 is 0 Å². The standard InChI is InChI=1S/C17H24N2O/c18-9-8-16-7-3-4-10-19(16)17(20)15-11-13-5-1-2-6-14(13)12-15/h1-2,5-6,15-16H,3-4,7-12,18H2. The van der Waals surface area contributed by atoms with E-state index in [9.17, 15) is 4.79 Å². The van der Waals surface area contributed by atoms with E-state index in [4.69, 9.17) is 5.73 Å². The molecule has 0 spiro atoms. The van der Waals surface area contributed by atoms with Crippen molar-refractivity contribution >= 4 is 5.91 Å². The second kappa shape index (κ2) is 5.96. The number of rotatable bonds is 3. The molecule has 0 aromatic heterocycles. The summed E-state index contributed by atoms with van der Waals surface area (Å²) in [6, 6.07) is 8.85. The van der Waals surface area contributed by atoms with Crippen LogP contribution in [0.1, 0.15) is 36.8 Å². The van der Waals surface area contributed by atoms with Crippen LogP contribution in [0.5, 0.6) is 0 Å². The quantitative estimate of drug-likeness (QED) is 0.916. The van der Waals surface area contributed by atoms with Crippen molar-refractivity contribution in [1.82, 2.24) is 4.90 Å². The van der Waals surface area contributed by atoms with E-state index in [2.05, 4.69) is 29.2 Å². The van der Waals surface area contributed by atoms with Crippen LogP contribution in [0.3, 0.4) is 0 Å². The summed E-state index contributed by atoms with van der Waals surface area (Å²) < 4.78 is 0. The Bertz CT molecular complexity index is 459. The molecule has 1 saturated heterocycles. The molecule has 2 aliphatic rings. The van der Waals surface area contributed by atoms with Crippen LogP contribution in [-0.4, -0.2) is 29.9 Å². The predicted octanol–water partition coefficient (Wildman–Crippen LogP) is 2.13. The van der Waals surface area contributed by atoms with Crippen LogP contribution in [0.2, 0.25) is 0 Å². The van der Waals surface area contributed by atoms with Crippen molar-refractivity contribution in [3.05, 3.63) is 35.4 Å². The van der Waals surface area contributed by atoms with Crippen molar-refractivity contribution in [2.45, 2.75) is 44.6 Å². The maximum absolute atomic E-state index is 12.8. The van der Waals surface area contributed by atoms with Gasteiger partial charge in [0.2, 0.25) is 5.91 Å². The van der Waals surface area contributed by atoms with Gasteiger partial charge in [-0.25, -0.2) is 0 Å². The minimum absolute atomic E-state index is 0.158. The molecule has 1 atom stereocenters. The normalized spacial score (nSPS) is 22.9. The number of likely N-dealkylation sites (tertiary alicyclic amines) is 1. The van der Waals surface area contributed by atoms with Crippen molar-refractivity contribution < 1.29 is 4.79 Å². The molecule has 1 aromatic carbocycles. The Morgan fingerprint density at radius 2 is 1.90 bits per heavy atom. The molecule has 1 aliphatic carbocycles. The molecule has 0 saturated carbocycles. The summed E-state index contributed by atoms with van der Waals surface area (Å²) in [5.41, 5.74) is 8.43. The minimum Gasteiger partial charge on any atom is -0.339 e. The molecule has 3 heteroatoms. The third-order valence-corrected chi connectivity index (χ3v) is 4.81. The van der Waals surface area contributed by atoms with Crippen LogP contribution < -0.4 is 5.73 Å². The number of carbonyl (C=O) groups excluding carboxylic acids is 1. The Labute approximate surface area is 121 Å². The van der Waals surface area contributed by atoms with E-state index < -0.39 is 0 Å². The molecular formula is C17H24N2O. The zero-order valence-electron chi connectivity index (χ0n) is 12.1. The number of nitrogens with two attached hydrogens (primary N) is 1. The first-order valence-corrected chi connectivity index (χ1v) is 7.87. The van der Waals surface area contributed by atoms with Crippen LogP contribution in [-0.2, 0) is 17.6 Å². The highest BCUT2D eigenvalue weighted by atomic mass is 16.2. The maximum atomic E-state index is 12.8. The highest BCUT2D eigenvalue weighted by Crippen LogP contribution is 2.30. The van der Waals surface area contributed by atoms with Gasteiger partial charge in [0.15, 0.2) is 0 Å². The average Bonchev–Trinajstić information content (AvgIpc) is 2.91. The highest BCUT2D eigenvalue weighted by Gasteiger charge is 2.34.